The summed E-state index contributed by atoms with van der Waals surface area (Å²) in [5, 5.41) is 1.16. The third-order valence-corrected chi connectivity index (χ3v) is 2.22. The minimum atomic E-state index is -0.232. The molecule has 18 heavy (non-hydrogen) atoms. The van der Waals surface area contributed by atoms with Crippen molar-refractivity contribution in [1.82, 2.24) is 14.9 Å². The van der Waals surface area contributed by atoms with Crippen molar-refractivity contribution in [2.45, 2.75) is 0 Å². The van der Waals surface area contributed by atoms with Gasteiger partial charge >= 0.3 is 0 Å². The highest BCUT2D eigenvalue weighted by Gasteiger charge is 2.11. The van der Waals surface area contributed by atoms with Gasteiger partial charge < -0.3 is 4.90 Å². The molecule has 0 aliphatic heterocycles. The van der Waals surface area contributed by atoms with Crippen LogP contribution in [0.25, 0.3) is 0 Å². The molecule has 0 N–H and O–H groups in total. The maximum Gasteiger partial charge on any atom is 0.277 e. The number of pyridine rings is 1. The van der Waals surface area contributed by atoms with Crippen molar-refractivity contribution in [2.75, 3.05) is 34.8 Å². The molecule has 0 fully saturated rings. The van der Waals surface area contributed by atoms with Crippen LogP contribution in [-0.4, -0.2) is 61.9 Å². The Labute approximate surface area is 107 Å². The first kappa shape index (κ1) is 14.3. The van der Waals surface area contributed by atoms with E-state index >= 15 is 0 Å². The molecule has 0 radical (unpaired) electrons. The summed E-state index contributed by atoms with van der Waals surface area (Å²) in [5.74, 6) is 0.274. The summed E-state index contributed by atoms with van der Waals surface area (Å²) >= 11 is 0. The van der Waals surface area contributed by atoms with Gasteiger partial charge in [0.15, 0.2) is 5.82 Å². The first-order valence-electron chi connectivity index (χ1n) is 5.50. The van der Waals surface area contributed by atoms with E-state index in [1.165, 1.54) is 7.11 Å². The second kappa shape index (κ2) is 6.83. The molecule has 0 aliphatic rings. The number of amides is 1. The van der Waals surface area contributed by atoms with E-state index in [-0.39, 0.29) is 5.91 Å². The van der Waals surface area contributed by atoms with Crippen molar-refractivity contribution in [3.63, 3.8) is 0 Å². The Morgan fingerprint density at radius 3 is 2.83 bits per heavy atom. The molecule has 6 nitrogen and oxygen atoms in total. The Balaban J connectivity index is 2.79. The lowest BCUT2D eigenvalue weighted by Gasteiger charge is -2.13. The van der Waals surface area contributed by atoms with E-state index in [2.05, 4.69) is 9.98 Å². The number of nitrogens with zero attached hydrogens (tertiary/aromatic N) is 4. The second-order valence-corrected chi connectivity index (χ2v) is 3.96. The maximum absolute atomic E-state index is 11.8. The predicted octanol–water partition coefficient (Wildman–Crippen LogP) is 0.979. The second-order valence-electron chi connectivity index (χ2n) is 3.96. The molecule has 1 heterocycles. The highest BCUT2D eigenvalue weighted by atomic mass is 16.7. The van der Waals surface area contributed by atoms with Gasteiger partial charge in [-0.3, -0.25) is 9.63 Å². The van der Waals surface area contributed by atoms with Crippen molar-refractivity contribution in [3.05, 3.63) is 23.9 Å². The van der Waals surface area contributed by atoms with Crippen LogP contribution < -0.4 is 0 Å². The summed E-state index contributed by atoms with van der Waals surface area (Å²) in [4.78, 5) is 26.9. The zero-order chi connectivity index (χ0) is 13.5. The van der Waals surface area contributed by atoms with Gasteiger partial charge in [-0.2, -0.15) is 0 Å². The van der Waals surface area contributed by atoms with Crippen molar-refractivity contribution in [1.29, 1.82) is 0 Å². The summed E-state index contributed by atoms with van der Waals surface area (Å²) < 4.78 is 0. The van der Waals surface area contributed by atoms with Gasteiger partial charge in [-0.05, 0) is 26.2 Å². The Morgan fingerprint density at radius 2 is 2.22 bits per heavy atom. The van der Waals surface area contributed by atoms with Crippen LogP contribution in [0.1, 0.15) is 10.4 Å². The maximum atomic E-state index is 11.8. The minimum absolute atomic E-state index is 0.232. The molecule has 1 amide bonds. The largest absolute Gasteiger partial charge is 0.304 e. The average Bonchev–Trinajstić information content (AvgIpc) is 2.37. The molecule has 1 aromatic rings. The highest BCUT2D eigenvalue weighted by Crippen LogP contribution is 2.11. The molecular weight excluding hydrogens is 232 g/mol. The lowest BCUT2D eigenvalue weighted by molar-refractivity contribution is -0.0757. The van der Waals surface area contributed by atoms with Crippen molar-refractivity contribution >= 4 is 17.9 Å². The molecule has 0 saturated heterocycles. The number of rotatable bonds is 5. The topological polar surface area (TPSA) is 58.0 Å². The average molecular weight is 250 g/mol. The molecule has 0 unspecified atom stereocenters. The summed E-state index contributed by atoms with van der Waals surface area (Å²) in [7, 11) is 6.90. The van der Waals surface area contributed by atoms with E-state index in [9.17, 15) is 4.79 Å². The first-order chi connectivity index (χ1) is 8.54. The van der Waals surface area contributed by atoms with Gasteiger partial charge in [0.25, 0.3) is 5.91 Å². The van der Waals surface area contributed by atoms with Gasteiger partial charge in [-0.25, -0.2) is 15.0 Å². The molecule has 1 rings (SSSR count). The van der Waals surface area contributed by atoms with E-state index in [0.717, 1.165) is 11.6 Å². The number of hydroxylamine groups is 2. The Bertz CT molecular complexity index is 432. The SMILES string of the molecule is CON(C)C(=O)c1ccnc(N=CCN(C)C)c1. The van der Waals surface area contributed by atoms with Crippen LogP contribution in [-0.2, 0) is 4.84 Å². The number of aromatic nitrogens is 1. The fourth-order valence-electron chi connectivity index (χ4n) is 1.18. The number of hydrogen-bond acceptors (Lipinski definition) is 5. The Hall–Kier alpha value is -1.79. The zero-order valence-electron chi connectivity index (χ0n) is 11.1. The van der Waals surface area contributed by atoms with Crippen molar-refractivity contribution in [3.8, 4) is 0 Å². The number of carbonyl (C=O) groups excluding carboxylic acids is 1. The molecule has 0 aliphatic carbocycles. The van der Waals surface area contributed by atoms with Crippen LogP contribution in [0.4, 0.5) is 5.82 Å². The van der Waals surface area contributed by atoms with E-state index in [1.54, 1.807) is 31.6 Å². The molecule has 0 aromatic carbocycles. The fraction of sp³-hybridized carbons (Fsp3) is 0.417. The van der Waals surface area contributed by atoms with Crippen LogP contribution >= 0.6 is 0 Å². The summed E-state index contributed by atoms with van der Waals surface area (Å²) in [6.07, 6.45) is 3.30. The molecule has 0 spiro atoms. The van der Waals surface area contributed by atoms with Crippen LogP contribution in [0, 0.1) is 0 Å². The number of aliphatic imine (C=N–C) groups is 1. The van der Waals surface area contributed by atoms with Crippen LogP contribution in [0.15, 0.2) is 23.3 Å². The van der Waals surface area contributed by atoms with Gasteiger partial charge in [-0.15, -0.1) is 0 Å². The van der Waals surface area contributed by atoms with Crippen molar-refractivity contribution < 1.29 is 9.63 Å². The van der Waals surface area contributed by atoms with E-state index < -0.39 is 0 Å². The fourth-order valence-corrected chi connectivity index (χ4v) is 1.18. The van der Waals surface area contributed by atoms with Crippen molar-refractivity contribution in [2.24, 2.45) is 4.99 Å². The van der Waals surface area contributed by atoms with Crippen LogP contribution in [0.5, 0.6) is 0 Å². The van der Waals surface area contributed by atoms with Gasteiger partial charge in [0.05, 0.1) is 7.11 Å². The Morgan fingerprint density at radius 1 is 1.50 bits per heavy atom. The monoisotopic (exact) mass is 250 g/mol. The van der Waals surface area contributed by atoms with Gasteiger partial charge in [0.2, 0.25) is 0 Å². The molecular formula is C12H18N4O2. The molecule has 6 heteroatoms. The molecule has 0 saturated carbocycles. The lowest BCUT2D eigenvalue weighted by Crippen LogP contribution is -2.25. The molecule has 0 bridgehead atoms. The summed E-state index contributed by atoms with van der Waals surface area (Å²) in [6, 6.07) is 3.26. The van der Waals surface area contributed by atoms with Gasteiger partial charge in [0, 0.05) is 31.6 Å². The normalized spacial score (nSPS) is 11.2. The molecule has 1 aromatic heterocycles. The predicted molar refractivity (Wildman–Crippen MR) is 70.0 cm³/mol. The van der Waals surface area contributed by atoms with Crippen LogP contribution in [0.3, 0.4) is 0 Å². The Kier molecular flexibility index (Phi) is 5.41. The first-order valence-corrected chi connectivity index (χ1v) is 5.50. The number of carbonyl (C=O) groups is 1. The van der Waals surface area contributed by atoms with E-state index in [4.69, 9.17) is 4.84 Å². The molecule has 98 valence electrons. The highest BCUT2D eigenvalue weighted by molar-refractivity contribution is 5.93. The third-order valence-electron chi connectivity index (χ3n) is 2.22. The third kappa shape index (κ3) is 4.23. The summed E-state index contributed by atoms with van der Waals surface area (Å²) in [5.41, 5.74) is 0.492. The van der Waals surface area contributed by atoms with Gasteiger partial charge in [0.1, 0.15) is 0 Å². The lowest BCUT2D eigenvalue weighted by atomic mass is 10.2. The molecule has 0 atom stereocenters. The van der Waals surface area contributed by atoms with Gasteiger partial charge in [-0.1, -0.05) is 0 Å². The quantitative estimate of drug-likeness (QED) is 0.577. The summed E-state index contributed by atoms with van der Waals surface area (Å²) in [6.45, 7) is 0.720. The van der Waals surface area contributed by atoms with E-state index in [1.807, 2.05) is 19.0 Å². The standard InChI is InChI=1S/C12H18N4O2/c1-15(2)8-7-14-11-9-10(5-6-13-11)12(17)16(3)18-4/h5-7,9H,8H2,1-4H3. The number of hydrogen-bond donors (Lipinski definition) is 0. The zero-order valence-corrected chi connectivity index (χ0v) is 11.1. The van der Waals surface area contributed by atoms with E-state index in [0.29, 0.717) is 11.4 Å². The minimum Gasteiger partial charge on any atom is -0.304 e. The smallest absolute Gasteiger partial charge is 0.277 e. The van der Waals surface area contributed by atoms with Crippen LogP contribution in [0.2, 0.25) is 0 Å².